The predicted molar refractivity (Wildman–Crippen MR) is 98.4 cm³/mol. The molecule has 0 atom stereocenters. The van der Waals surface area contributed by atoms with E-state index in [4.69, 9.17) is 16.3 Å². The summed E-state index contributed by atoms with van der Waals surface area (Å²) < 4.78 is 5.48. The molecule has 0 saturated carbocycles. The van der Waals surface area contributed by atoms with E-state index in [1.807, 2.05) is 6.92 Å². The standard InChI is InChI=1S/C18H18ClN3O3/c1-3-25-17-10-15(21-12(2)23)8-9-16(17)18(24)22-20-11-13-4-6-14(19)7-5-13/h4-11H,3H2,1-2H3,(H,21,23)(H,22,24). The van der Waals surface area contributed by atoms with Gasteiger partial charge in [0.05, 0.1) is 18.4 Å². The lowest BCUT2D eigenvalue weighted by Gasteiger charge is -2.11. The highest BCUT2D eigenvalue weighted by Crippen LogP contribution is 2.23. The minimum absolute atomic E-state index is 0.202. The maximum absolute atomic E-state index is 12.3. The lowest BCUT2D eigenvalue weighted by molar-refractivity contribution is -0.114. The summed E-state index contributed by atoms with van der Waals surface area (Å²) >= 11 is 5.81. The number of carbonyl (C=O) groups is 2. The van der Waals surface area contributed by atoms with Crippen LogP contribution < -0.4 is 15.5 Å². The summed E-state index contributed by atoms with van der Waals surface area (Å²) in [4.78, 5) is 23.4. The molecule has 2 rings (SSSR count). The van der Waals surface area contributed by atoms with E-state index in [1.54, 1.807) is 42.5 Å². The molecular weight excluding hydrogens is 342 g/mol. The lowest BCUT2D eigenvalue weighted by atomic mass is 10.1. The number of hydrogen-bond donors (Lipinski definition) is 2. The Morgan fingerprint density at radius 2 is 1.92 bits per heavy atom. The van der Waals surface area contributed by atoms with Gasteiger partial charge in [0.1, 0.15) is 5.75 Å². The first-order chi connectivity index (χ1) is 12.0. The highest BCUT2D eigenvalue weighted by molar-refractivity contribution is 6.30. The van der Waals surface area contributed by atoms with Crippen LogP contribution in [-0.4, -0.2) is 24.6 Å². The van der Waals surface area contributed by atoms with Crippen LogP contribution in [0, 0.1) is 0 Å². The third-order valence-corrected chi connectivity index (χ3v) is 3.35. The third kappa shape index (κ3) is 5.61. The molecule has 7 heteroatoms. The molecule has 0 unspecified atom stereocenters. The molecule has 2 N–H and O–H groups in total. The van der Waals surface area contributed by atoms with Crippen LogP contribution in [0.25, 0.3) is 0 Å². The van der Waals surface area contributed by atoms with E-state index in [-0.39, 0.29) is 5.91 Å². The van der Waals surface area contributed by atoms with Crippen molar-refractivity contribution in [3.8, 4) is 5.75 Å². The molecule has 0 heterocycles. The summed E-state index contributed by atoms with van der Waals surface area (Å²) in [5.74, 6) is -0.247. The highest BCUT2D eigenvalue weighted by atomic mass is 35.5. The third-order valence-electron chi connectivity index (χ3n) is 3.10. The molecule has 2 aromatic rings. The minimum atomic E-state index is -0.414. The van der Waals surface area contributed by atoms with Crippen LogP contribution in [0.5, 0.6) is 5.75 Å². The smallest absolute Gasteiger partial charge is 0.275 e. The van der Waals surface area contributed by atoms with Crippen LogP contribution in [0.15, 0.2) is 47.6 Å². The number of ether oxygens (including phenoxy) is 1. The number of halogens is 1. The second-order valence-corrected chi connectivity index (χ2v) is 5.51. The van der Waals surface area contributed by atoms with Crippen molar-refractivity contribution < 1.29 is 14.3 Å². The topological polar surface area (TPSA) is 79.8 Å². The SMILES string of the molecule is CCOc1cc(NC(C)=O)ccc1C(=O)NN=Cc1ccc(Cl)cc1. The average molecular weight is 360 g/mol. The van der Waals surface area contributed by atoms with E-state index in [0.29, 0.717) is 28.6 Å². The summed E-state index contributed by atoms with van der Waals surface area (Å²) in [6.45, 7) is 3.61. The van der Waals surface area contributed by atoms with Crippen molar-refractivity contribution in [2.24, 2.45) is 5.10 Å². The van der Waals surface area contributed by atoms with Gasteiger partial charge in [-0.2, -0.15) is 5.10 Å². The van der Waals surface area contributed by atoms with Gasteiger partial charge in [0.15, 0.2) is 0 Å². The summed E-state index contributed by atoms with van der Waals surface area (Å²) in [6.07, 6.45) is 1.51. The van der Waals surface area contributed by atoms with Gasteiger partial charge < -0.3 is 10.1 Å². The summed E-state index contributed by atoms with van der Waals surface area (Å²) in [5.41, 5.74) is 4.13. The van der Waals surface area contributed by atoms with Crippen molar-refractivity contribution in [3.05, 3.63) is 58.6 Å². The largest absolute Gasteiger partial charge is 0.493 e. The Balaban J connectivity index is 2.11. The number of nitrogens with zero attached hydrogens (tertiary/aromatic N) is 1. The molecule has 0 aromatic heterocycles. The van der Waals surface area contributed by atoms with Crippen molar-refractivity contribution >= 4 is 35.3 Å². The molecule has 6 nitrogen and oxygen atoms in total. The minimum Gasteiger partial charge on any atom is -0.493 e. The van der Waals surface area contributed by atoms with E-state index in [0.717, 1.165) is 5.56 Å². The van der Waals surface area contributed by atoms with Gasteiger partial charge in [0, 0.05) is 23.7 Å². The number of hydrazone groups is 1. The fourth-order valence-electron chi connectivity index (χ4n) is 2.04. The lowest BCUT2D eigenvalue weighted by Crippen LogP contribution is -2.19. The molecule has 0 aliphatic rings. The first-order valence-corrected chi connectivity index (χ1v) is 8.00. The van der Waals surface area contributed by atoms with Gasteiger partial charge in [-0.15, -0.1) is 0 Å². The molecule has 0 bridgehead atoms. The van der Waals surface area contributed by atoms with Gasteiger partial charge >= 0.3 is 0 Å². The van der Waals surface area contributed by atoms with Crippen LogP contribution in [0.3, 0.4) is 0 Å². The first-order valence-electron chi connectivity index (χ1n) is 7.63. The number of amides is 2. The molecule has 0 spiro atoms. The quantitative estimate of drug-likeness (QED) is 0.612. The van der Waals surface area contributed by atoms with E-state index in [2.05, 4.69) is 15.8 Å². The monoisotopic (exact) mass is 359 g/mol. The van der Waals surface area contributed by atoms with Crippen LogP contribution in [0.1, 0.15) is 29.8 Å². The maximum Gasteiger partial charge on any atom is 0.275 e. The Hall–Kier alpha value is -2.86. The molecular formula is C18H18ClN3O3. The van der Waals surface area contributed by atoms with Gasteiger partial charge in [0.25, 0.3) is 5.91 Å². The van der Waals surface area contributed by atoms with E-state index < -0.39 is 5.91 Å². The van der Waals surface area contributed by atoms with Crippen molar-refractivity contribution in [2.45, 2.75) is 13.8 Å². The number of rotatable bonds is 6. The predicted octanol–water partition coefficient (Wildman–Crippen LogP) is 3.46. The second-order valence-electron chi connectivity index (χ2n) is 5.08. The summed E-state index contributed by atoms with van der Waals surface area (Å²) in [5, 5.41) is 7.20. The molecule has 25 heavy (non-hydrogen) atoms. The Morgan fingerprint density at radius 1 is 1.20 bits per heavy atom. The van der Waals surface area contributed by atoms with Crippen LogP contribution in [0.4, 0.5) is 5.69 Å². The Labute approximate surface area is 150 Å². The molecule has 0 saturated heterocycles. The highest BCUT2D eigenvalue weighted by Gasteiger charge is 2.13. The van der Waals surface area contributed by atoms with Crippen LogP contribution in [0.2, 0.25) is 5.02 Å². The zero-order valence-corrected chi connectivity index (χ0v) is 14.6. The zero-order valence-electron chi connectivity index (χ0n) is 13.9. The van der Waals surface area contributed by atoms with Gasteiger partial charge in [-0.3, -0.25) is 9.59 Å². The Morgan fingerprint density at radius 3 is 2.56 bits per heavy atom. The second kappa shape index (κ2) is 8.84. The van der Waals surface area contributed by atoms with Crippen molar-refractivity contribution in [1.82, 2.24) is 5.43 Å². The summed E-state index contributed by atoms with van der Waals surface area (Å²) in [7, 11) is 0. The number of anilines is 1. The fourth-order valence-corrected chi connectivity index (χ4v) is 2.17. The van der Waals surface area contributed by atoms with E-state index in [1.165, 1.54) is 13.1 Å². The van der Waals surface area contributed by atoms with Crippen LogP contribution >= 0.6 is 11.6 Å². The normalized spacial score (nSPS) is 10.5. The number of nitrogens with one attached hydrogen (secondary N) is 2. The number of carbonyl (C=O) groups excluding carboxylic acids is 2. The average Bonchev–Trinajstić information content (AvgIpc) is 2.56. The molecule has 2 aromatic carbocycles. The molecule has 130 valence electrons. The van der Waals surface area contributed by atoms with E-state index in [9.17, 15) is 9.59 Å². The van der Waals surface area contributed by atoms with Gasteiger partial charge in [-0.05, 0) is 36.8 Å². The molecule has 0 aliphatic carbocycles. The zero-order chi connectivity index (χ0) is 18.2. The van der Waals surface area contributed by atoms with E-state index >= 15 is 0 Å². The molecule has 0 aliphatic heterocycles. The van der Waals surface area contributed by atoms with Gasteiger partial charge in [-0.25, -0.2) is 5.43 Å². The first kappa shape index (κ1) is 18.5. The Kier molecular flexibility index (Phi) is 6.54. The molecule has 2 amide bonds. The molecule has 0 radical (unpaired) electrons. The number of hydrogen-bond acceptors (Lipinski definition) is 4. The Bertz CT molecular complexity index is 789. The maximum atomic E-state index is 12.3. The van der Waals surface area contributed by atoms with Crippen molar-refractivity contribution in [3.63, 3.8) is 0 Å². The van der Waals surface area contributed by atoms with Crippen LogP contribution in [-0.2, 0) is 4.79 Å². The van der Waals surface area contributed by atoms with Crippen molar-refractivity contribution in [1.29, 1.82) is 0 Å². The summed E-state index contributed by atoms with van der Waals surface area (Å²) in [6, 6.07) is 11.8. The fraction of sp³-hybridized carbons (Fsp3) is 0.167. The van der Waals surface area contributed by atoms with Gasteiger partial charge in [-0.1, -0.05) is 23.7 Å². The molecule has 0 fully saturated rings. The van der Waals surface area contributed by atoms with Gasteiger partial charge in [0.2, 0.25) is 5.91 Å². The number of benzene rings is 2. The van der Waals surface area contributed by atoms with Crippen molar-refractivity contribution in [2.75, 3.05) is 11.9 Å².